The van der Waals surface area contributed by atoms with Crippen LogP contribution in [0.5, 0.6) is 0 Å². The molecule has 2 heteroatoms. The van der Waals surface area contributed by atoms with Crippen LogP contribution in [0.4, 0.5) is 0 Å². The predicted molar refractivity (Wildman–Crippen MR) is 53.3 cm³/mol. The summed E-state index contributed by atoms with van der Waals surface area (Å²) in [4.78, 5) is 2.48. The summed E-state index contributed by atoms with van der Waals surface area (Å²) in [5.41, 5.74) is 0.291. The summed E-state index contributed by atoms with van der Waals surface area (Å²) in [5.74, 6) is 0. The first kappa shape index (κ1) is 9.75. The van der Waals surface area contributed by atoms with Crippen LogP contribution in [0.15, 0.2) is 12.2 Å². The topological polar surface area (TPSA) is 15.3 Å². The third-order valence-corrected chi connectivity index (χ3v) is 2.25. The summed E-state index contributed by atoms with van der Waals surface area (Å²) in [6.45, 7) is 11.1. The van der Waals surface area contributed by atoms with Gasteiger partial charge in [0.15, 0.2) is 0 Å². The van der Waals surface area contributed by atoms with Crippen LogP contribution in [0.25, 0.3) is 0 Å². The number of nitrogens with zero attached hydrogens (tertiary/aromatic N) is 1. The van der Waals surface area contributed by atoms with Crippen LogP contribution in [0.1, 0.15) is 20.8 Å². The second-order valence-corrected chi connectivity index (χ2v) is 4.11. The SMILES string of the molecule is C/C=C/CN1CCNC(C)(C)C1. The van der Waals surface area contributed by atoms with Gasteiger partial charge in [-0.15, -0.1) is 0 Å². The molecular formula is C10H20N2. The molecule has 1 fully saturated rings. The van der Waals surface area contributed by atoms with Crippen molar-refractivity contribution in [2.45, 2.75) is 26.3 Å². The monoisotopic (exact) mass is 168 g/mol. The molecule has 1 aliphatic rings. The van der Waals surface area contributed by atoms with Gasteiger partial charge in [0, 0.05) is 31.7 Å². The highest BCUT2D eigenvalue weighted by Gasteiger charge is 2.24. The van der Waals surface area contributed by atoms with Gasteiger partial charge in [-0.1, -0.05) is 12.2 Å². The molecule has 0 bridgehead atoms. The third kappa shape index (κ3) is 2.95. The Balaban J connectivity index is 2.36. The van der Waals surface area contributed by atoms with E-state index in [0.29, 0.717) is 5.54 Å². The molecule has 0 aliphatic carbocycles. The average Bonchev–Trinajstić information content (AvgIpc) is 1.99. The van der Waals surface area contributed by atoms with Gasteiger partial charge < -0.3 is 5.32 Å². The Morgan fingerprint density at radius 3 is 2.83 bits per heavy atom. The van der Waals surface area contributed by atoms with E-state index in [2.05, 4.69) is 43.1 Å². The molecule has 1 aliphatic heterocycles. The zero-order valence-electron chi connectivity index (χ0n) is 8.43. The molecule has 0 aromatic heterocycles. The normalized spacial score (nSPS) is 24.9. The van der Waals surface area contributed by atoms with Crippen LogP contribution < -0.4 is 5.32 Å². The molecule has 70 valence electrons. The van der Waals surface area contributed by atoms with E-state index in [1.165, 1.54) is 6.54 Å². The number of nitrogens with one attached hydrogen (secondary N) is 1. The maximum absolute atomic E-state index is 3.50. The van der Waals surface area contributed by atoms with Crippen molar-refractivity contribution in [3.63, 3.8) is 0 Å². The van der Waals surface area contributed by atoms with Crippen LogP contribution >= 0.6 is 0 Å². The number of rotatable bonds is 2. The standard InChI is InChI=1S/C10H20N2/c1-4-5-7-12-8-6-11-10(2,3)9-12/h4-5,11H,6-9H2,1-3H3/b5-4+. The number of hydrogen-bond acceptors (Lipinski definition) is 2. The molecule has 1 rings (SSSR count). The van der Waals surface area contributed by atoms with Gasteiger partial charge in [0.1, 0.15) is 0 Å². The highest BCUT2D eigenvalue weighted by atomic mass is 15.2. The second-order valence-electron chi connectivity index (χ2n) is 4.11. The lowest BCUT2D eigenvalue weighted by Gasteiger charge is -2.38. The summed E-state index contributed by atoms with van der Waals surface area (Å²) in [7, 11) is 0. The first-order valence-electron chi connectivity index (χ1n) is 4.72. The maximum Gasteiger partial charge on any atom is 0.0252 e. The van der Waals surface area contributed by atoms with Crippen LogP contribution in [-0.2, 0) is 0 Å². The van der Waals surface area contributed by atoms with Crippen LogP contribution in [-0.4, -0.2) is 36.6 Å². The maximum atomic E-state index is 3.50. The predicted octanol–water partition coefficient (Wildman–Crippen LogP) is 1.25. The minimum atomic E-state index is 0.291. The van der Waals surface area contributed by atoms with E-state index in [1.54, 1.807) is 0 Å². The largest absolute Gasteiger partial charge is 0.309 e. The van der Waals surface area contributed by atoms with Crippen molar-refractivity contribution >= 4 is 0 Å². The van der Waals surface area contributed by atoms with Crippen molar-refractivity contribution in [1.82, 2.24) is 10.2 Å². The summed E-state index contributed by atoms with van der Waals surface area (Å²) >= 11 is 0. The summed E-state index contributed by atoms with van der Waals surface area (Å²) in [5, 5.41) is 3.50. The molecule has 0 unspecified atom stereocenters. The third-order valence-electron chi connectivity index (χ3n) is 2.25. The highest BCUT2D eigenvalue weighted by molar-refractivity contribution is 4.90. The van der Waals surface area contributed by atoms with Gasteiger partial charge >= 0.3 is 0 Å². The van der Waals surface area contributed by atoms with Crippen molar-refractivity contribution in [2.24, 2.45) is 0 Å². The quantitative estimate of drug-likeness (QED) is 0.624. The Hall–Kier alpha value is -0.340. The van der Waals surface area contributed by atoms with Gasteiger partial charge in [-0.25, -0.2) is 0 Å². The van der Waals surface area contributed by atoms with Gasteiger partial charge in [-0.2, -0.15) is 0 Å². The van der Waals surface area contributed by atoms with Crippen LogP contribution in [0.2, 0.25) is 0 Å². The van der Waals surface area contributed by atoms with E-state index >= 15 is 0 Å². The van der Waals surface area contributed by atoms with Crippen LogP contribution in [0.3, 0.4) is 0 Å². The van der Waals surface area contributed by atoms with E-state index in [1.807, 2.05) is 0 Å². The van der Waals surface area contributed by atoms with E-state index in [-0.39, 0.29) is 0 Å². The number of piperazine rings is 1. The summed E-state index contributed by atoms with van der Waals surface area (Å²) in [6.07, 6.45) is 4.34. The fraction of sp³-hybridized carbons (Fsp3) is 0.800. The molecule has 0 amide bonds. The zero-order valence-corrected chi connectivity index (χ0v) is 8.43. The van der Waals surface area contributed by atoms with Gasteiger partial charge in [0.2, 0.25) is 0 Å². The Labute approximate surface area is 75.6 Å². The fourth-order valence-electron chi connectivity index (χ4n) is 1.66. The van der Waals surface area contributed by atoms with E-state index in [4.69, 9.17) is 0 Å². The molecule has 1 saturated heterocycles. The van der Waals surface area contributed by atoms with E-state index in [9.17, 15) is 0 Å². The summed E-state index contributed by atoms with van der Waals surface area (Å²) in [6, 6.07) is 0. The molecule has 0 spiro atoms. The van der Waals surface area contributed by atoms with Gasteiger partial charge in [0.05, 0.1) is 0 Å². The molecule has 0 aromatic rings. The lowest BCUT2D eigenvalue weighted by atomic mass is 10.0. The lowest BCUT2D eigenvalue weighted by molar-refractivity contribution is 0.169. The fourth-order valence-corrected chi connectivity index (χ4v) is 1.66. The van der Waals surface area contributed by atoms with Crippen molar-refractivity contribution in [2.75, 3.05) is 26.2 Å². The molecule has 1 N–H and O–H groups in total. The Kier molecular flexibility index (Phi) is 3.29. The molecule has 0 saturated carbocycles. The van der Waals surface area contributed by atoms with Crippen molar-refractivity contribution in [3.8, 4) is 0 Å². The Morgan fingerprint density at radius 1 is 1.50 bits per heavy atom. The van der Waals surface area contributed by atoms with Crippen molar-refractivity contribution in [1.29, 1.82) is 0 Å². The first-order valence-corrected chi connectivity index (χ1v) is 4.72. The number of allylic oxidation sites excluding steroid dienone is 1. The van der Waals surface area contributed by atoms with Crippen LogP contribution in [0, 0.1) is 0 Å². The summed E-state index contributed by atoms with van der Waals surface area (Å²) < 4.78 is 0. The molecule has 1 heterocycles. The number of hydrogen-bond donors (Lipinski definition) is 1. The molecule has 0 aromatic carbocycles. The van der Waals surface area contributed by atoms with Gasteiger partial charge in [-0.3, -0.25) is 4.90 Å². The average molecular weight is 168 g/mol. The van der Waals surface area contributed by atoms with Gasteiger partial charge in [0.25, 0.3) is 0 Å². The van der Waals surface area contributed by atoms with Crippen molar-refractivity contribution < 1.29 is 0 Å². The second kappa shape index (κ2) is 4.06. The first-order chi connectivity index (χ1) is 5.64. The minimum absolute atomic E-state index is 0.291. The molecule has 12 heavy (non-hydrogen) atoms. The Bertz CT molecular complexity index is 161. The van der Waals surface area contributed by atoms with Gasteiger partial charge in [-0.05, 0) is 20.8 Å². The molecule has 0 atom stereocenters. The zero-order chi connectivity index (χ0) is 9.03. The molecule has 0 radical (unpaired) electrons. The highest BCUT2D eigenvalue weighted by Crippen LogP contribution is 2.09. The molecule has 2 nitrogen and oxygen atoms in total. The Morgan fingerprint density at radius 2 is 2.25 bits per heavy atom. The minimum Gasteiger partial charge on any atom is -0.309 e. The van der Waals surface area contributed by atoms with E-state index in [0.717, 1.165) is 19.6 Å². The smallest absolute Gasteiger partial charge is 0.0252 e. The lowest BCUT2D eigenvalue weighted by Crippen LogP contribution is -2.56. The van der Waals surface area contributed by atoms with Crippen molar-refractivity contribution in [3.05, 3.63) is 12.2 Å². The molecular weight excluding hydrogens is 148 g/mol. The van der Waals surface area contributed by atoms with E-state index < -0.39 is 0 Å².